The number of amides is 3. The van der Waals surface area contributed by atoms with Gasteiger partial charge in [0.05, 0.1) is 24.1 Å². The third-order valence-corrected chi connectivity index (χ3v) is 5.07. The maximum absolute atomic E-state index is 13.3. The normalized spacial score (nSPS) is 24.2. The van der Waals surface area contributed by atoms with Crippen molar-refractivity contribution in [2.24, 2.45) is 11.7 Å². The summed E-state index contributed by atoms with van der Waals surface area (Å²) >= 11 is 5.84. The van der Waals surface area contributed by atoms with E-state index in [2.05, 4.69) is 0 Å². The topological polar surface area (TPSA) is 75.9 Å². The van der Waals surface area contributed by atoms with Crippen molar-refractivity contribution in [3.63, 3.8) is 0 Å². The number of primary amides is 1. The molecule has 2 heterocycles. The minimum atomic E-state index is -0.488. The number of nitrogens with two attached hydrogens (primary N) is 1. The van der Waals surface area contributed by atoms with Crippen LogP contribution in [0.2, 0.25) is 5.02 Å². The van der Waals surface area contributed by atoms with Crippen molar-refractivity contribution in [3.8, 4) is 0 Å². The van der Waals surface area contributed by atoms with Crippen LogP contribution in [0.1, 0.15) is 24.5 Å². The van der Waals surface area contributed by atoms with Crippen molar-refractivity contribution in [2.45, 2.75) is 18.9 Å². The molecule has 8 heteroatoms. The Hall–Kier alpha value is -1.86. The molecule has 0 aromatic heterocycles. The summed E-state index contributed by atoms with van der Waals surface area (Å²) in [5.41, 5.74) is 6.07. The van der Waals surface area contributed by atoms with Crippen LogP contribution in [-0.4, -0.2) is 54.5 Å². The largest absolute Gasteiger partial charge is 0.370 e. The second-order valence-corrected chi connectivity index (χ2v) is 6.85. The van der Waals surface area contributed by atoms with E-state index in [1.165, 1.54) is 17.0 Å². The van der Waals surface area contributed by atoms with Gasteiger partial charge in [-0.15, -0.1) is 0 Å². The number of urea groups is 1. The first-order valence-electron chi connectivity index (χ1n) is 8.35. The number of morpholine rings is 1. The molecule has 3 rings (SSSR count). The van der Waals surface area contributed by atoms with Gasteiger partial charge < -0.3 is 20.3 Å². The molecule has 3 amide bonds. The Morgan fingerprint density at radius 1 is 1.24 bits per heavy atom. The minimum absolute atomic E-state index is 0.00691. The average Bonchev–Trinajstić information content (AvgIpc) is 2.63. The molecule has 2 unspecified atom stereocenters. The Labute approximate surface area is 150 Å². The van der Waals surface area contributed by atoms with Crippen molar-refractivity contribution in [2.75, 3.05) is 32.8 Å². The molecule has 2 aliphatic heterocycles. The van der Waals surface area contributed by atoms with Crippen molar-refractivity contribution < 1.29 is 18.7 Å². The van der Waals surface area contributed by atoms with E-state index in [-0.39, 0.29) is 23.0 Å². The highest BCUT2D eigenvalue weighted by atomic mass is 35.5. The zero-order valence-electron chi connectivity index (χ0n) is 13.8. The monoisotopic (exact) mass is 369 g/mol. The molecule has 1 aromatic rings. The number of nitrogens with zero attached hydrogens (tertiary/aromatic N) is 2. The van der Waals surface area contributed by atoms with Crippen LogP contribution >= 0.6 is 11.6 Å². The molecule has 0 bridgehead atoms. The number of likely N-dealkylation sites (tertiary alicyclic amines) is 1. The Kier molecular flexibility index (Phi) is 5.44. The summed E-state index contributed by atoms with van der Waals surface area (Å²) in [6, 6.07) is 3.96. The first-order valence-corrected chi connectivity index (χ1v) is 8.73. The predicted molar refractivity (Wildman–Crippen MR) is 90.6 cm³/mol. The molecule has 0 spiro atoms. The lowest BCUT2D eigenvalue weighted by Crippen LogP contribution is -2.51. The van der Waals surface area contributed by atoms with Crippen LogP contribution in [0.3, 0.4) is 0 Å². The Morgan fingerprint density at radius 2 is 2.04 bits per heavy atom. The quantitative estimate of drug-likeness (QED) is 0.868. The van der Waals surface area contributed by atoms with Gasteiger partial charge in [0.25, 0.3) is 0 Å². The summed E-state index contributed by atoms with van der Waals surface area (Å²) in [7, 11) is 0. The fraction of sp³-hybridized carbons (Fsp3) is 0.529. The molecule has 2 N–H and O–H groups in total. The van der Waals surface area contributed by atoms with E-state index < -0.39 is 11.8 Å². The van der Waals surface area contributed by atoms with Gasteiger partial charge in [0.1, 0.15) is 11.9 Å². The van der Waals surface area contributed by atoms with Crippen molar-refractivity contribution >= 4 is 23.5 Å². The highest BCUT2D eigenvalue weighted by Gasteiger charge is 2.33. The molecule has 136 valence electrons. The van der Waals surface area contributed by atoms with E-state index in [1.54, 1.807) is 11.0 Å². The van der Waals surface area contributed by atoms with Crippen LogP contribution in [0.4, 0.5) is 9.18 Å². The van der Waals surface area contributed by atoms with Crippen LogP contribution in [0.5, 0.6) is 0 Å². The summed E-state index contributed by atoms with van der Waals surface area (Å²) < 4.78 is 19.1. The van der Waals surface area contributed by atoms with E-state index in [9.17, 15) is 14.0 Å². The number of ether oxygens (including phenoxy) is 1. The number of hydrogen-bond donors (Lipinski definition) is 1. The number of rotatable bonds is 2. The second kappa shape index (κ2) is 7.58. The minimum Gasteiger partial charge on any atom is -0.370 e. The van der Waals surface area contributed by atoms with Gasteiger partial charge in [-0.2, -0.15) is 0 Å². The van der Waals surface area contributed by atoms with Gasteiger partial charge in [0, 0.05) is 19.6 Å². The van der Waals surface area contributed by atoms with Crippen LogP contribution in [-0.2, 0) is 9.53 Å². The van der Waals surface area contributed by atoms with Gasteiger partial charge in [-0.25, -0.2) is 9.18 Å². The first-order chi connectivity index (χ1) is 12.0. The highest BCUT2D eigenvalue weighted by Crippen LogP contribution is 2.28. The molecular weight excluding hydrogens is 349 g/mol. The third kappa shape index (κ3) is 4.04. The van der Waals surface area contributed by atoms with Crippen LogP contribution in [0.15, 0.2) is 18.2 Å². The number of hydrogen-bond acceptors (Lipinski definition) is 3. The zero-order chi connectivity index (χ0) is 18.0. The smallest absolute Gasteiger partial charge is 0.314 e. The Bertz CT molecular complexity index is 673. The number of carbonyl (C=O) groups is 2. The molecule has 2 fully saturated rings. The van der Waals surface area contributed by atoms with Crippen molar-refractivity contribution in [3.05, 3.63) is 34.6 Å². The van der Waals surface area contributed by atoms with Crippen molar-refractivity contribution in [1.29, 1.82) is 0 Å². The summed E-state index contributed by atoms with van der Waals surface area (Å²) in [4.78, 5) is 27.4. The Balaban J connectivity index is 1.67. The van der Waals surface area contributed by atoms with E-state index in [4.69, 9.17) is 22.1 Å². The summed E-state index contributed by atoms with van der Waals surface area (Å²) in [6.45, 7) is 2.24. The van der Waals surface area contributed by atoms with Gasteiger partial charge in [0.15, 0.2) is 0 Å². The number of halogens is 2. The Morgan fingerprint density at radius 3 is 2.76 bits per heavy atom. The van der Waals surface area contributed by atoms with Crippen molar-refractivity contribution in [1.82, 2.24) is 9.80 Å². The molecule has 2 saturated heterocycles. The number of benzene rings is 1. The molecular formula is C17H21ClFN3O3. The number of piperidine rings is 1. The van der Waals surface area contributed by atoms with E-state index in [0.717, 1.165) is 18.4 Å². The molecule has 2 aliphatic rings. The molecule has 1 aromatic carbocycles. The summed E-state index contributed by atoms with van der Waals surface area (Å²) in [5, 5.41) is 0.0360. The average molecular weight is 370 g/mol. The molecule has 2 atom stereocenters. The van der Waals surface area contributed by atoms with Gasteiger partial charge >= 0.3 is 6.03 Å². The molecule has 0 aliphatic carbocycles. The lowest BCUT2D eigenvalue weighted by atomic mass is 9.96. The summed E-state index contributed by atoms with van der Waals surface area (Å²) in [6.07, 6.45) is 1.17. The van der Waals surface area contributed by atoms with Crippen LogP contribution < -0.4 is 5.73 Å². The zero-order valence-corrected chi connectivity index (χ0v) is 14.5. The molecule has 6 nitrogen and oxygen atoms in total. The maximum Gasteiger partial charge on any atom is 0.314 e. The third-order valence-electron chi connectivity index (χ3n) is 4.78. The maximum atomic E-state index is 13.3. The SMILES string of the molecule is NC(=O)N1CCCC(C(=O)N2CCOC(c3ccc(F)c(Cl)c3)C2)C1. The van der Waals surface area contributed by atoms with Gasteiger partial charge in [-0.3, -0.25) is 4.79 Å². The molecule has 0 saturated carbocycles. The first kappa shape index (κ1) is 17.9. The second-order valence-electron chi connectivity index (χ2n) is 6.44. The van der Waals surface area contributed by atoms with E-state index >= 15 is 0 Å². The van der Waals surface area contributed by atoms with Gasteiger partial charge in [-0.05, 0) is 30.5 Å². The van der Waals surface area contributed by atoms with Gasteiger partial charge in [-0.1, -0.05) is 17.7 Å². The highest BCUT2D eigenvalue weighted by molar-refractivity contribution is 6.30. The van der Waals surface area contributed by atoms with Crippen LogP contribution in [0, 0.1) is 11.7 Å². The number of carbonyl (C=O) groups excluding carboxylic acids is 2. The summed E-state index contributed by atoms with van der Waals surface area (Å²) in [5.74, 6) is -0.716. The standard InChI is InChI=1S/C17H21ClFN3O3/c18-13-8-11(3-4-14(13)19)15-10-21(6-7-25-15)16(23)12-2-1-5-22(9-12)17(20)24/h3-4,8,12,15H,1-2,5-7,9-10H2,(H2,20,24). The fourth-order valence-corrected chi connectivity index (χ4v) is 3.59. The van der Waals surface area contributed by atoms with Crippen LogP contribution in [0.25, 0.3) is 0 Å². The van der Waals surface area contributed by atoms with E-state index in [1.807, 2.05) is 0 Å². The lowest BCUT2D eigenvalue weighted by molar-refractivity contribution is -0.144. The molecule has 25 heavy (non-hydrogen) atoms. The van der Waals surface area contributed by atoms with E-state index in [0.29, 0.717) is 32.8 Å². The predicted octanol–water partition coefficient (Wildman–Crippen LogP) is 2.17. The lowest BCUT2D eigenvalue weighted by Gasteiger charge is -2.38. The fourth-order valence-electron chi connectivity index (χ4n) is 3.40. The van der Waals surface area contributed by atoms with Gasteiger partial charge in [0.2, 0.25) is 5.91 Å². The molecule has 0 radical (unpaired) electrons.